The highest BCUT2D eigenvalue weighted by Gasteiger charge is 2.40. The molecule has 0 spiro atoms. The van der Waals surface area contributed by atoms with Gasteiger partial charge in [-0.05, 0) is 24.8 Å². The van der Waals surface area contributed by atoms with Crippen LogP contribution in [-0.2, 0) is 21.6 Å². The van der Waals surface area contributed by atoms with Crippen LogP contribution in [0.2, 0.25) is 0 Å². The fourth-order valence-electron chi connectivity index (χ4n) is 1.82. The lowest BCUT2D eigenvalue weighted by Gasteiger charge is -2.18. The summed E-state index contributed by atoms with van der Waals surface area (Å²) in [5.74, 6) is -0.417. The largest absolute Gasteiger partial charge is 0.463 e. The third-order valence-corrected chi connectivity index (χ3v) is 2.75. The van der Waals surface area contributed by atoms with Crippen molar-refractivity contribution in [3.63, 3.8) is 0 Å². The van der Waals surface area contributed by atoms with Crippen LogP contribution in [0.4, 0.5) is 0 Å². The zero-order chi connectivity index (χ0) is 14.5. The van der Waals surface area contributed by atoms with Crippen molar-refractivity contribution in [3.05, 3.63) is 35.4 Å². The first-order chi connectivity index (χ1) is 8.93. The van der Waals surface area contributed by atoms with Crippen LogP contribution in [0.5, 0.6) is 0 Å². The maximum atomic E-state index is 11.7. The summed E-state index contributed by atoms with van der Waals surface area (Å²) in [5, 5.41) is 19.2. The van der Waals surface area contributed by atoms with Gasteiger partial charge in [-0.25, -0.2) is 4.79 Å². The Bertz CT molecular complexity index is 473. The van der Waals surface area contributed by atoms with E-state index in [0.29, 0.717) is 5.92 Å². The summed E-state index contributed by atoms with van der Waals surface area (Å²) in [6, 6.07) is 8.44. The monoisotopic (exact) mass is 261 g/mol. The molecule has 0 aliphatic carbocycles. The third-order valence-electron chi connectivity index (χ3n) is 2.75. The molecule has 1 aromatic carbocycles. The number of esters is 1. The second-order valence-corrected chi connectivity index (χ2v) is 4.84. The summed E-state index contributed by atoms with van der Waals surface area (Å²) in [7, 11) is 0. The molecule has 0 saturated heterocycles. The standard InChI is InChI=1S/C15H19NO3/c1-4-19-14(17)15(18,10-16)13-7-5-12(6-8-13)9-11(2)3/h5-8,11,18H,4,9H2,1-3H3/t15-/m0/s1. The molecule has 19 heavy (non-hydrogen) atoms. The van der Waals surface area contributed by atoms with Crippen molar-refractivity contribution in [2.45, 2.75) is 32.8 Å². The Balaban J connectivity index is 3.00. The first-order valence-corrected chi connectivity index (χ1v) is 6.34. The molecule has 4 nitrogen and oxygen atoms in total. The highest BCUT2D eigenvalue weighted by atomic mass is 16.5. The van der Waals surface area contributed by atoms with Gasteiger partial charge in [-0.1, -0.05) is 38.1 Å². The number of carbonyl (C=O) groups is 1. The quantitative estimate of drug-likeness (QED) is 0.651. The predicted octanol–water partition coefficient (Wildman–Crippen LogP) is 2.16. The minimum Gasteiger partial charge on any atom is -0.463 e. The van der Waals surface area contributed by atoms with Gasteiger partial charge in [0.1, 0.15) is 6.07 Å². The number of carbonyl (C=O) groups excluding carboxylic acids is 1. The third kappa shape index (κ3) is 3.55. The Morgan fingerprint density at radius 3 is 2.42 bits per heavy atom. The average Bonchev–Trinajstić information content (AvgIpc) is 2.38. The zero-order valence-electron chi connectivity index (χ0n) is 11.5. The number of ether oxygens (including phenoxy) is 1. The fraction of sp³-hybridized carbons (Fsp3) is 0.467. The molecule has 1 aromatic rings. The number of nitriles is 1. The lowest BCUT2D eigenvalue weighted by Crippen LogP contribution is -2.35. The molecule has 4 heteroatoms. The topological polar surface area (TPSA) is 70.3 Å². The van der Waals surface area contributed by atoms with Crippen LogP contribution in [0.25, 0.3) is 0 Å². The van der Waals surface area contributed by atoms with Gasteiger partial charge in [0, 0.05) is 5.56 Å². The predicted molar refractivity (Wildman–Crippen MR) is 71.1 cm³/mol. The van der Waals surface area contributed by atoms with Gasteiger partial charge in [0.2, 0.25) is 0 Å². The molecule has 0 aromatic heterocycles. The molecular weight excluding hydrogens is 242 g/mol. The first kappa shape index (κ1) is 15.2. The highest BCUT2D eigenvalue weighted by Crippen LogP contribution is 2.23. The SMILES string of the molecule is CCOC(=O)[C@](O)(C#N)c1ccc(CC(C)C)cc1. The van der Waals surface area contributed by atoms with Gasteiger partial charge >= 0.3 is 5.97 Å². The van der Waals surface area contributed by atoms with Crippen molar-refractivity contribution in [2.24, 2.45) is 5.92 Å². The van der Waals surface area contributed by atoms with Crippen molar-refractivity contribution in [1.82, 2.24) is 0 Å². The number of aliphatic hydroxyl groups is 1. The van der Waals surface area contributed by atoms with E-state index < -0.39 is 11.6 Å². The van der Waals surface area contributed by atoms with E-state index in [0.717, 1.165) is 12.0 Å². The zero-order valence-corrected chi connectivity index (χ0v) is 11.5. The van der Waals surface area contributed by atoms with E-state index in [1.165, 1.54) is 0 Å². The maximum Gasteiger partial charge on any atom is 0.358 e. The Labute approximate surface area is 113 Å². The van der Waals surface area contributed by atoms with Crippen molar-refractivity contribution in [3.8, 4) is 6.07 Å². The molecular formula is C15H19NO3. The Kier molecular flexibility index (Phi) is 5.08. The van der Waals surface area contributed by atoms with Crippen molar-refractivity contribution in [2.75, 3.05) is 6.61 Å². The van der Waals surface area contributed by atoms with Gasteiger partial charge in [0.15, 0.2) is 0 Å². The van der Waals surface area contributed by atoms with Crippen LogP contribution in [0, 0.1) is 17.2 Å². The molecule has 1 rings (SSSR count). The smallest absolute Gasteiger partial charge is 0.358 e. The Hall–Kier alpha value is -1.86. The molecule has 0 radical (unpaired) electrons. The van der Waals surface area contributed by atoms with Crippen LogP contribution >= 0.6 is 0 Å². The van der Waals surface area contributed by atoms with E-state index >= 15 is 0 Å². The number of nitrogens with zero attached hydrogens (tertiary/aromatic N) is 1. The van der Waals surface area contributed by atoms with Crippen molar-refractivity contribution >= 4 is 5.97 Å². The highest BCUT2D eigenvalue weighted by molar-refractivity contribution is 5.84. The van der Waals surface area contributed by atoms with Crippen LogP contribution < -0.4 is 0 Å². The summed E-state index contributed by atoms with van der Waals surface area (Å²) in [6.45, 7) is 5.96. The molecule has 102 valence electrons. The summed E-state index contributed by atoms with van der Waals surface area (Å²) >= 11 is 0. The molecule has 0 unspecified atom stereocenters. The second kappa shape index (κ2) is 6.35. The van der Waals surface area contributed by atoms with Crippen LogP contribution in [0.1, 0.15) is 31.9 Å². The maximum absolute atomic E-state index is 11.7. The average molecular weight is 261 g/mol. The van der Waals surface area contributed by atoms with E-state index in [2.05, 4.69) is 13.8 Å². The number of hydrogen-bond donors (Lipinski definition) is 1. The molecule has 0 aliphatic heterocycles. The molecule has 0 fully saturated rings. The number of hydrogen-bond acceptors (Lipinski definition) is 4. The normalized spacial score (nSPS) is 13.7. The summed E-state index contributed by atoms with van der Waals surface area (Å²) < 4.78 is 4.74. The minimum absolute atomic E-state index is 0.119. The van der Waals surface area contributed by atoms with Gasteiger partial charge < -0.3 is 9.84 Å². The van der Waals surface area contributed by atoms with Crippen molar-refractivity contribution in [1.29, 1.82) is 5.26 Å². The van der Waals surface area contributed by atoms with Gasteiger partial charge in [0.05, 0.1) is 6.61 Å². The van der Waals surface area contributed by atoms with E-state index in [4.69, 9.17) is 10.00 Å². The molecule has 0 amide bonds. The van der Waals surface area contributed by atoms with E-state index in [1.807, 2.05) is 12.1 Å². The lowest BCUT2D eigenvalue weighted by atomic mass is 9.93. The second-order valence-electron chi connectivity index (χ2n) is 4.84. The van der Waals surface area contributed by atoms with E-state index in [9.17, 15) is 9.90 Å². The minimum atomic E-state index is -2.23. The van der Waals surface area contributed by atoms with Gasteiger partial charge in [0.25, 0.3) is 5.60 Å². The molecule has 1 atom stereocenters. The fourth-order valence-corrected chi connectivity index (χ4v) is 1.82. The molecule has 0 bridgehead atoms. The Morgan fingerprint density at radius 1 is 1.42 bits per heavy atom. The molecule has 1 N–H and O–H groups in total. The van der Waals surface area contributed by atoms with Crippen LogP contribution in [0.3, 0.4) is 0 Å². The lowest BCUT2D eigenvalue weighted by molar-refractivity contribution is -0.160. The molecule has 0 heterocycles. The Morgan fingerprint density at radius 2 is 2.00 bits per heavy atom. The van der Waals surface area contributed by atoms with Crippen LogP contribution in [-0.4, -0.2) is 17.7 Å². The van der Waals surface area contributed by atoms with Gasteiger partial charge in [-0.2, -0.15) is 5.26 Å². The molecule has 0 aliphatic rings. The first-order valence-electron chi connectivity index (χ1n) is 6.34. The number of benzene rings is 1. The van der Waals surface area contributed by atoms with Gasteiger partial charge in [-0.3, -0.25) is 0 Å². The summed E-state index contributed by atoms with van der Waals surface area (Å²) in [4.78, 5) is 11.7. The number of rotatable bonds is 5. The van der Waals surface area contributed by atoms with Crippen molar-refractivity contribution < 1.29 is 14.6 Å². The van der Waals surface area contributed by atoms with E-state index in [-0.39, 0.29) is 12.2 Å². The van der Waals surface area contributed by atoms with Crippen LogP contribution in [0.15, 0.2) is 24.3 Å². The summed E-state index contributed by atoms with van der Waals surface area (Å²) in [5.41, 5.74) is -0.893. The van der Waals surface area contributed by atoms with E-state index in [1.54, 1.807) is 25.1 Å². The van der Waals surface area contributed by atoms with Gasteiger partial charge in [-0.15, -0.1) is 0 Å². The summed E-state index contributed by atoms with van der Waals surface area (Å²) in [6.07, 6.45) is 0.907. The molecule has 0 saturated carbocycles.